The zero-order chi connectivity index (χ0) is 5.58. The molecule has 4 heteroatoms. The summed E-state index contributed by atoms with van der Waals surface area (Å²) in [5.41, 5.74) is 0. The summed E-state index contributed by atoms with van der Waals surface area (Å²) in [5.74, 6) is 0. The zero-order valence-corrected chi connectivity index (χ0v) is 10.3. The molecule has 0 aliphatic carbocycles. The molecule has 0 spiro atoms. The van der Waals surface area contributed by atoms with E-state index >= 15 is 0 Å². The van der Waals surface area contributed by atoms with Gasteiger partial charge in [-0.3, -0.25) is 0 Å². The van der Waals surface area contributed by atoms with E-state index in [0.717, 1.165) is 42.7 Å². The quantitative estimate of drug-likeness (QED) is 0.346. The fourth-order valence-corrected chi connectivity index (χ4v) is 0. The first kappa shape index (κ1) is 11.5. The molecule has 0 saturated carbocycles. The van der Waals surface area contributed by atoms with Crippen molar-refractivity contribution in [3.05, 3.63) is 0 Å². The Balaban J connectivity index is 0. The Labute approximate surface area is 79.9 Å². The van der Waals surface area contributed by atoms with Gasteiger partial charge in [-0.2, -0.15) is 0 Å². The van der Waals surface area contributed by atoms with Gasteiger partial charge in [-0.1, -0.05) is 11.2 Å². The molecule has 0 aliphatic heterocycles. The van der Waals surface area contributed by atoms with Gasteiger partial charge >= 0.3 is 54.0 Å². The van der Waals surface area contributed by atoms with E-state index in [1.165, 1.54) is 0 Å². The SMILES string of the molecule is C[S+](C)[O-].[K][I]. The number of rotatable bonds is 0. The fourth-order valence-electron chi connectivity index (χ4n) is 0. The Morgan fingerprint density at radius 2 is 1.50 bits per heavy atom. The summed E-state index contributed by atoms with van der Waals surface area (Å²) in [5, 5.41) is 0. The van der Waals surface area contributed by atoms with E-state index in [1.54, 1.807) is 12.5 Å². The van der Waals surface area contributed by atoms with E-state index in [2.05, 4.69) is 11.3 Å². The second-order valence-corrected chi connectivity index (χ2v) is 2.22. The topological polar surface area (TPSA) is 23.1 Å². The van der Waals surface area contributed by atoms with Gasteiger partial charge in [-0.25, -0.2) is 0 Å². The molecule has 0 aromatic heterocycles. The molecule has 0 unspecified atom stereocenters. The predicted octanol–water partition coefficient (Wildman–Crippen LogP) is 0.500. The second-order valence-electron chi connectivity index (χ2n) is 0.742. The van der Waals surface area contributed by atoms with Crippen LogP contribution in [0.4, 0.5) is 0 Å². The fraction of sp³-hybridized carbons (Fsp3) is 1.00. The van der Waals surface area contributed by atoms with Gasteiger partial charge < -0.3 is 4.55 Å². The molecule has 0 saturated heterocycles. The zero-order valence-electron chi connectivity index (χ0n) is 4.19. The van der Waals surface area contributed by atoms with E-state index in [1.807, 2.05) is 0 Å². The summed E-state index contributed by atoms with van der Waals surface area (Å²) in [4.78, 5) is 0. The van der Waals surface area contributed by atoms with Gasteiger partial charge in [-0.15, -0.1) is 0 Å². The van der Waals surface area contributed by atoms with Crippen LogP contribution in [0.5, 0.6) is 0 Å². The van der Waals surface area contributed by atoms with Crippen LogP contribution >= 0.6 is 11.3 Å². The van der Waals surface area contributed by atoms with E-state index in [0.29, 0.717) is 0 Å². The van der Waals surface area contributed by atoms with Gasteiger partial charge in [0.2, 0.25) is 0 Å². The van der Waals surface area contributed by atoms with Crippen LogP contribution in [0.25, 0.3) is 0 Å². The van der Waals surface area contributed by atoms with Gasteiger partial charge in [0, 0.05) is 0 Å². The molecule has 0 aromatic carbocycles. The Hall–Kier alpha value is 2.68. The van der Waals surface area contributed by atoms with Gasteiger partial charge in [0.15, 0.2) is 0 Å². The summed E-state index contributed by atoms with van der Waals surface area (Å²) < 4.78 is 9.56. The van der Waals surface area contributed by atoms with Crippen LogP contribution in [-0.4, -0.2) is 59.8 Å². The molecule has 0 amide bonds. The van der Waals surface area contributed by atoms with Crippen molar-refractivity contribution in [3.8, 4) is 0 Å². The summed E-state index contributed by atoms with van der Waals surface area (Å²) >= 11 is 2.76. The molecule has 0 aliphatic rings. The third-order valence-electron chi connectivity index (χ3n) is 0. The van der Waals surface area contributed by atoms with E-state index in [9.17, 15) is 4.55 Å². The summed E-state index contributed by atoms with van der Waals surface area (Å²) in [7, 11) is 0. The Morgan fingerprint density at radius 3 is 1.50 bits per heavy atom. The van der Waals surface area contributed by atoms with Gasteiger partial charge in [0.25, 0.3) is 0 Å². The van der Waals surface area contributed by atoms with Crippen molar-refractivity contribution in [2.75, 3.05) is 12.5 Å². The normalized spacial score (nSPS) is 7.17. The van der Waals surface area contributed by atoms with Gasteiger partial charge in [-0.05, 0) is 0 Å². The van der Waals surface area contributed by atoms with Crippen molar-refractivity contribution in [3.63, 3.8) is 0 Å². The molecule has 0 aromatic rings. The number of hydrogen-bond donors (Lipinski definition) is 0. The number of halogens is 1. The van der Waals surface area contributed by atoms with Crippen LogP contribution in [0.2, 0.25) is 0 Å². The Bertz CT molecular complexity index is 18.3. The first-order valence-corrected chi connectivity index (χ1v) is 13.4. The van der Waals surface area contributed by atoms with Crippen molar-refractivity contribution in [2.45, 2.75) is 0 Å². The molecule has 0 atom stereocenters. The van der Waals surface area contributed by atoms with E-state index < -0.39 is 11.2 Å². The van der Waals surface area contributed by atoms with Crippen molar-refractivity contribution in [1.29, 1.82) is 0 Å². The average molecular weight is 244 g/mol. The van der Waals surface area contributed by atoms with E-state index in [-0.39, 0.29) is 0 Å². The third-order valence-corrected chi connectivity index (χ3v) is 0. The van der Waals surface area contributed by atoms with Crippen LogP contribution in [0.3, 0.4) is 0 Å². The summed E-state index contributed by atoms with van der Waals surface area (Å²) in [6, 6.07) is 0. The van der Waals surface area contributed by atoms with Crippen LogP contribution in [0.1, 0.15) is 0 Å². The molecule has 0 heterocycles. The molecular formula is C2H6IKOS. The first-order chi connectivity index (χ1) is 2.73. The molecule has 6 heavy (non-hydrogen) atoms. The van der Waals surface area contributed by atoms with Gasteiger partial charge in [0.1, 0.15) is 0 Å². The Kier molecular flexibility index (Phi) is 20.3. The molecule has 0 fully saturated rings. The molecule has 1 nitrogen and oxygen atoms in total. The van der Waals surface area contributed by atoms with Crippen LogP contribution in [-0.2, 0) is 11.2 Å². The van der Waals surface area contributed by atoms with Gasteiger partial charge in [0.05, 0.1) is 12.5 Å². The maximum atomic E-state index is 9.56. The van der Waals surface area contributed by atoms with Crippen LogP contribution in [0, 0.1) is 0 Å². The molecular weight excluding hydrogens is 238 g/mol. The monoisotopic (exact) mass is 244 g/mol. The molecule has 0 bridgehead atoms. The van der Waals surface area contributed by atoms with Crippen molar-refractivity contribution in [1.82, 2.24) is 0 Å². The number of hydrogen-bond acceptors (Lipinski definition) is 1. The maximum absolute atomic E-state index is 9.56. The average Bonchev–Trinajstić information content (AvgIpc) is 1.41. The van der Waals surface area contributed by atoms with Crippen LogP contribution in [0.15, 0.2) is 0 Å². The first-order valence-electron chi connectivity index (χ1n) is 1.36. The summed E-state index contributed by atoms with van der Waals surface area (Å²) in [6.45, 7) is 0. The molecule has 0 rings (SSSR count). The van der Waals surface area contributed by atoms with E-state index in [4.69, 9.17) is 0 Å². The van der Waals surface area contributed by atoms with Crippen molar-refractivity contribution >= 4 is 65.2 Å². The second kappa shape index (κ2) is 10.6. The minimum absolute atomic E-state index is 0.611. The molecule has 34 valence electrons. The minimum atomic E-state index is -0.611. The van der Waals surface area contributed by atoms with Crippen molar-refractivity contribution < 1.29 is 4.55 Å². The van der Waals surface area contributed by atoms with Crippen molar-refractivity contribution in [2.24, 2.45) is 0 Å². The third kappa shape index (κ3) is 30.0. The molecule has 0 radical (unpaired) electrons. The predicted molar refractivity (Wildman–Crippen MR) is 39.8 cm³/mol. The van der Waals surface area contributed by atoms with Crippen LogP contribution < -0.4 is 0 Å². The molecule has 0 N–H and O–H groups in total. The Morgan fingerprint density at radius 1 is 1.50 bits per heavy atom. The summed E-state index contributed by atoms with van der Waals surface area (Å²) in [6.07, 6.45) is 3.28. The standard InChI is InChI=1S/C2H6OS.HI.K/c1-4(2)3;;/h1-2H3;1H;/q;;+1/p-1.